The maximum Gasteiger partial charge on any atom is 0.225 e. The van der Waals surface area contributed by atoms with Crippen molar-refractivity contribution in [1.82, 2.24) is 15.3 Å². The zero-order valence-corrected chi connectivity index (χ0v) is 17.6. The van der Waals surface area contributed by atoms with E-state index in [1.54, 1.807) is 17.5 Å². The molecule has 0 unspecified atom stereocenters. The highest BCUT2D eigenvalue weighted by Gasteiger charge is 2.27. The Morgan fingerprint density at radius 2 is 2.14 bits per heavy atom. The van der Waals surface area contributed by atoms with Crippen molar-refractivity contribution in [2.24, 2.45) is 5.92 Å². The summed E-state index contributed by atoms with van der Waals surface area (Å²) < 4.78 is 5.66. The first-order chi connectivity index (χ1) is 14.1. The molecule has 3 heterocycles. The molecule has 2 aromatic heterocycles. The zero-order valence-electron chi connectivity index (χ0n) is 16.8. The summed E-state index contributed by atoms with van der Waals surface area (Å²) in [5.41, 5.74) is 1.99. The zero-order chi connectivity index (χ0) is 20.2. The number of benzene rings is 1. The first-order valence-electron chi connectivity index (χ1n) is 10.1. The Morgan fingerprint density at radius 1 is 1.31 bits per heavy atom. The van der Waals surface area contributed by atoms with Gasteiger partial charge in [0.15, 0.2) is 5.13 Å². The van der Waals surface area contributed by atoms with E-state index in [-0.39, 0.29) is 17.9 Å². The minimum atomic E-state index is -0.0210. The lowest BCUT2D eigenvalue weighted by molar-refractivity contribution is -0.125. The minimum Gasteiger partial charge on any atom is -0.491 e. The number of pyridine rings is 1. The maximum atomic E-state index is 12.7. The van der Waals surface area contributed by atoms with Gasteiger partial charge in [-0.3, -0.25) is 4.79 Å². The largest absolute Gasteiger partial charge is 0.491 e. The molecule has 0 spiro atoms. The molecule has 3 aromatic rings. The normalized spacial score (nSPS) is 16.9. The molecule has 1 aliphatic rings. The Bertz CT molecular complexity index is 937. The van der Waals surface area contributed by atoms with E-state index in [0.29, 0.717) is 13.1 Å². The van der Waals surface area contributed by atoms with Gasteiger partial charge in [-0.25, -0.2) is 9.97 Å². The van der Waals surface area contributed by atoms with Gasteiger partial charge >= 0.3 is 0 Å². The van der Waals surface area contributed by atoms with Gasteiger partial charge in [-0.15, -0.1) is 0 Å². The molecule has 1 saturated heterocycles. The number of fused-ring (bicyclic) bond motifs is 1. The number of carbonyl (C=O) groups excluding carboxylic acids is 1. The summed E-state index contributed by atoms with van der Waals surface area (Å²) in [6, 6.07) is 11.8. The van der Waals surface area contributed by atoms with Crippen molar-refractivity contribution >= 4 is 32.7 Å². The molecule has 7 heteroatoms. The van der Waals surface area contributed by atoms with Crippen molar-refractivity contribution in [2.45, 2.75) is 39.3 Å². The molecule has 0 radical (unpaired) electrons. The van der Waals surface area contributed by atoms with E-state index in [1.165, 1.54) is 0 Å². The molecule has 0 saturated carbocycles. The quantitative estimate of drug-likeness (QED) is 0.665. The predicted molar refractivity (Wildman–Crippen MR) is 116 cm³/mol. The van der Waals surface area contributed by atoms with Gasteiger partial charge in [-0.05, 0) is 56.5 Å². The highest BCUT2D eigenvalue weighted by Crippen LogP contribution is 2.30. The molecule has 1 N–H and O–H groups in total. The Balaban J connectivity index is 1.33. The summed E-state index contributed by atoms with van der Waals surface area (Å²) in [5, 5.41) is 4.05. The van der Waals surface area contributed by atoms with Crippen molar-refractivity contribution in [3.8, 4) is 5.75 Å². The number of hydrogen-bond donors (Lipinski definition) is 1. The van der Waals surface area contributed by atoms with Crippen molar-refractivity contribution in [3.05, 3.63) is 48.2 Å². The Labute approximate surface area is 174 Å². The molecular weight excluding hydrogens is 384 g/mol. The maximum absolute atomic E-state index is 12.7. The first-order valence-corrected chi connectivity index (χ1v) is 10.9. The number of piperidine rings is 1. The number of thiazole rings is 1. The smallest absolute Gasteiger partial charge is 0.225 e. The summed E-state index contributed by atoms with van der Waals surface area (Å²) in [7, 11) is 0. The predicted octanol–water partition coefficient (Wildman–Crippen LogP) is 4.01. The average molecular weight is 411 g/mol. The van der Waals surface area contributed by atoms with E-state index >= 15 is 0 Å². The molecule has 29 heavy (non-hydrogen) atoms. The van der Waals surface area contributed by atoms with Crippen LogP contribution < -0.4 is 15.0 Å². The van der Waals surface area contributed by atoms with Gasteiger partial charge in [0.25, 0.3) is 0 Å². The molecule has 0 aliphatic carbocycles. The second-order valence-electron chi connectivity index (χ2n) is 7.64. The molecule has 6 nitrogen and oxygen atoms in total. The fourth-order valence-electron chi connectivity index (χ4n) is 3.55. The van der Waals surface area contributed by atoms with Crippen LogP contribution in [0, 0.1) is 5.92 Å². The summed E-state index contributed by atoms with van der Waals surface area (Å²) in [5.74, 6) is 0.937. The molecule has 1 fully saturated rings. The lowest BCUT2D eigenvalue weighted by atomic mass is 9.97. The average Bonchev–Trinajstić information content (AvgIpc) is 3.17. The number of hydrogen-bond acceptors (Lipinski definition) is 6. The summed E-state index contributed by atoms with van der Waals surface area (Å²) in [4.78, 5) is 25.0. The molecule has 1 aromatic carbocycles. The third kappa shape index (κ3) is 4.85. The number of nitrogens with zero attached hydrogens (tertiary/aromatic N) is 3. The molecule has 0 bridgehead atoms. The lowest BCUT2D eigenvalue weighted by Gasteiger charge is -2.31. The van der Waals surface area contributed by atoms with Crippen molar-refractivity contribution in [1.29, 1.82) is 0 Å². The minimum absolute atomic E-state index is 0.0210. The van der Waals surface area contributed by atoms with Crippen LogP contribution in [0.3, 0.4) is 0 Å². The van der Waals surface area contributed by atoms with Crippen LogP contribution in [0.15, 0.2) is 42.6 Å². The summed E-state index contributed by atoms with van der Waals surface area (Å²) in [6.45, 7) is 6.18. The lowest BCUT2D eigenvalue weighted by Crippen LogP contribution is -2.42. The number of nitrogens with one attached hydrogen (secondary N) is 1. The van der Waals surface area contributed by atoms with Crippen LogP contribution in [0.5, 0.6) is 5.75 Å². The van der Waals surface area contributed by atoms with Crippen molar-refractivity contribution < 1.29 is 9.53 Å². The van der Waals surface area contributed by atoms with Gasteiger partial charge in [0.2, 0.25) is 5.91 Å². The second-order valence-corrected chi connectivity index (χ2v) is 8.59. The third-order valence-corrected chi connectivity index (χ3v) is 6.02. The third-order valence-electron chi connectivity index (χ3n) is 4.98. The van der Waals surface area contributed by atoms with E-state index in [9.17, 15) is 4.79 Å². The fraction of sp³-hybridized carbons (Fsp3) is 0.409. The van der Waals surface area contributed by atoms with E-state index in [2.05, 4.69) is 15.2 Å². The highest BCUT2D eigenvalue weighted by molar-refractivity contribution is 7.21. The summed E-state index contributed by atoms with van der Waals surface area (Å²) in [6.07, 6.45) is 3.84. The fourth-order valence-corrected chi connectivity index (χ4v) is 4.49. The highest BCUT2D eigenvalue weighted by atomic mass is 32.1. The van der Waals surface area contributed by atoms with Gasteiger partial charge in [-0.2, -0.15) is 0 Å². The van der Waals surface area contributed by atoms with E-state index in [0.717, 1.165) is 46.2 Å². The first kappa shape index (κ1) is 19.6. The Kier molecular flexibility index (Phi) is 5.94. The number of carbonyl (C=O) groups is 1. The number of aromatic nitrogens is 2. The number of amides is 1. The van der Waals surface area contributed by atoms with Crippen molar-refractivity contribution in [3.63, 3.8) is 0 Å². The van der Waals surface area contributed by atoms with E-state index in [4.69, 9.17) is 9.72 Å². The number of rotatable bonds is 6. The van der Waals surface area contributed by atoms with Gasteiger partial charge in [0.05, 0.1) is 12.0 Å². The van der Waals surface area contributed by atoms with Gasteiger partial charge in [-0.1, -0.05) is 23.5 Å². The van der Waals surface area contributed by atoms with Crippen LogP contribution in [0.1, 0.15) is 32.3 Å². The number of ether oxygens (including phenoxy) is 1. The van der Waals surface area contributed by atoms with Crippen LogP contribution in [0.2, 0.25) is 0 Å². The number of anilines is 1. The standard InChI is InChI=1S/C22H26N4O2S/c1-15(2)28-18-9-7-16(8-10-18)13-24-20(27)17-5-4-12-26(14-17)22-25-19-6-3-11-23-21(19)29-22/h3,6-11,15,17H,4-5,12-14H2,1-2H3,(H,24,27)/t17-/m1/s1. The topological polar surface area (TPSA) is 67.3 Å². The van der Waals surface area contributed by atoms with Crippen molar-refractivity contribution in [2.75, 3.05) is 18.0 Å². The van der Waals surface area contributed by atoms with Crippen LogP contribution in [-0.2, 0) is 11.3 Å². The van der Waals surface area contributed by atoms with Gasteiger partial charge in [0.1, 0.15) is 16.1 Å². The Hall–Kier alpha value is -2.67. The van der Waals surface area contributed by atoms with Gasteiger partial charge < -0.3 is 15.0 Å². The second kappa shape index (κ2) is 8.78. The van der Waals surface area contributed by atoms with Crippen LogP contribution in [0.4, 0.5) is 5.13 Å². The van der Waals surface area contributed by atoms with Crippen LogP contribution in [-0.4, -0.2) is 35.1 Å². The molecule has 152 valence electrons. The molecule has 1 amide bonds. The SMILES string of the molecule is CC(C)Oc1ccc(CNC(=O)[C@@H]2CCCN(c3nc4cccnc4s3)C2)cc1. The molecule has 4 rings (SSSR count). The van der Waals surface area contributed by atoms with E-state index < -0.39 is 0 Å². The monoisotopic (exact) mass is 410 g/mol. The molecule has 1 atom stereocenters. The van der Waals surface area contributed by atoms with Crippen LogP contribution in [0.25, 0.3) is 10.3 Å². The Morgan fingerprint density at radius 3 is 2.90 bits per heavy atom. The van der Waals surface area contributed by atoms with Crippen LogP contribution >= 0.6 is 11.3 Å². The van der Waals surface area contributed by atoms with E-state index in [1.807, 2.05) is 50.2 Å². The molecular formula is C22H26N4O2S. The molecule has 1 aliphatic heterocycles. The summed E-state index contributed by atoms with van der Waals surface area (Å²) >= 11 is 1.59. The van der Waals surface area contributed by atoms with Gasteiger partial charge in [0, 0.05) is 25.8 Å².